The van der Waals surface area contributed by atoms with E-state index in [1.165, 1.54) is 31.0 Å². The molecule has 7 heteroatoms. The van der Waals surface area contributed by atoms with Gasteiger partial charge in [-0.25, -0.2) is 5.43 Å². The molecule has 0 fully saturated rings. The highest BCUT2D eigenvalue weighted by molar-refractivity contribution is 5.84. The lowest BCUT2D eigenvalue weighted by Gasteiger charge is -2.07. The number of carbonyl (C=O) groups is 1. The molecule has 0 aromatic heterocycles. The Morgan fingerprint density at radius 2 is 1.96 bits per heavy atom. The van der Waals surface area contributed by atoms with Gasteiger partial charge in [-0.2, -0.15) is 5.10 Å². The lowest BCUT2D eigenvalue weighted by atomic mass is 10.2. The van der Waals surface area contributed by atoms with Crippen molar-refractivity contribution in [1.82, 2.24) is 5.43 Å². The maximum Gasteiger partial charge on any atom is 0.277 e. The van der Waals surface area contributed by atoms with Gasteiger partial charge < -0.3 is 19.7 Å². The van der Waals surface area contributed by atoms with Crippen molar-refractivity contribution < 1.29 is 24.5 Å². The molecule has 0 aliphatic rings. The molecule has 25 heavy (non-hydrogen) atoms. The van der Waals surface area contributed by atoms with Crippen molar-refractivity contribution in [2.24, 2.45) is 5.10 Å². The Kier molecular flexibility index (Phi) is 6.22. The van der Waals surface area contributed by atoms with E-state index in [-0.39, 0.29) is 23.9 Å². The fraction of sp³-hybridized carbons (Fsp3) is 0.222. The van der Waals surface area contributed by atoms with Gasteiger partial charge in [0.15, 0.2) is 18.1 Å². The number of hydrogen-bond donors (Lipinski definition) is 3. The summed E-state index contributed by atoms with van der Waals surface area (Å²) < 4.78 is 10.3. The Bertz CT molecular complexity index is 757. The molecule has 3 N–H and O–H groups in total. The van der Waals surface area contributed by atoms with E-state index in [0.29, 0.717) is 11.3 Å². The van der Waals surface area contributed by atoms with Crippen LogP contribution in [0.4, 0.5) is 0 Å². The molecule has 0 bridgehead atoms. The maximum absolute atomic E-state index is 11.7. The predicted molar refractivity (Wildman–Crippen MR) is 93.4 cm³/mol. The quantitative estimate of drug-likeness (QED) is 0.406. The second-order valence-electron chi connectivity index (χ2n) is 5.17. The van der Waals surface area contributed by atoms with Crippen LogP contribution in [0.3, 0.4) is 0 Å². The Morgan fingerprint density at radius 1 is 1.24 bits per heavy atom. The minimum absolute atomic E-state index is 0.103. The number of phenolic OH excluding ortho intramolecular Hbond substituents is 2. The first-order valence-electron chi connectivity index (χ1n) is 7.67. The monoisotopic (exact) mass is 344 g/mol. The number of phenols is 2. The Balaban J connectivity index is 1.86. The number of ether oxygens (including phenoxy) is 2. The minimum Gasteiger partial charge on any atom is -0.504 e. The van der Waals surface area contributed by atoms with Gasteiger partial charge in [0.25, 0.3) is 5.91 Å². The van der Waals surface area contributed by atoms with Crippen LogP contribution in [0, 0.1) is 0 Å². The number of carbonyl (C=O) groups excluding carboxylic acids is 1. The van der Waals surface area contributed by atoms with Crippen LogP contribution in [0.2, 0.25) is 0 Å². The van der Waals surface area contributed by atoms with Crippen LogP contribution in [-0.4, -0.2) is 36.1 Å². The third-order valence-electron chi connectivity index (χ3n) is 3.40. The largest absolute Gasteiger partial charge is 0.504 e. The third kappa shape index (κ3) is 5.13. The molecular formula is C18H20N2O5. The van der Waals surface area contributed by atoms with E-state index in [9.17, 15) is 15.0 Å². The number of methoxy groups -OCH3 is 1. The van der Waals surface area contributed by atoms with Gasteiger partial charge >= 0.3 is 0 Å². The summed E-state index contributed by atoms with van der Waals surface area (Å²) in [6, 6.07) is 10.3. The molecule has 0 saturated carbocycles. The number of hydrogen-bond acceptors (Lipinski definition) is 6. The Labute approximate surface area is 145 Å². The third-order valence-corrected chi connectivity index (χ3v) is 3.40. The fourth-order valence-electron chi connectivity index (χ4n) is 2.03. The summed E-state index contributed by atoms with van der Waals surface area (Å²) in [5, 5.41) is 22.9. The molecule has 0 radical (unpaired) electrons. The van der Waals surface area contributed by atoms with E-state index in [2.05, 4.69) is 17.5 Å². The van der Waals surface area contributed by atoms with Gasteiger partial charge in [0.1, 0.15) is 5.75 Å². The number of benzene rings is 2. The molecule has 0 unspecified atom stereocenters. The zero-order valence-corrected chi connectivity index (χ0v) is 14.0. The first kappa shape index (κ1) is 18.1. The van der Waals surface area contributed by atoms with Crippen LogP contribution in [0.1, 0.15) is 18.1 Å². The minimum atomic E-state index is -0.425. The number of hydrazone groups is 1. The molecule has 2 aromatic carbocycles. The second kappa shape index (κ2) is 8.58. The van der Waals surface area contributed by atoms with Gasteiger partial charge in [0.05, 0.1) is 13.3 Å². The van der Waals surface area contributed by atoms with Crippen molar-refractivity contribution in [3.8, 4) is 23.0 Å². The molecule has 0 atom stereocenters. The smallest absolute Gasteiger partial charge is 0.277 e. The van der Waals surface area contributed by atoms with E-state index < -0.39 is 5.91 Å². The molecule has 0 saturated heterocycles. The molecule has 0 aliphatic carbocycles. The highest BCUT2D eigenvalue weighted by Crippen LogP contribution is 2.35. The number of aromatic hydroxyl groups is 2. The van der Waals surface area contributed by atoms with Gasteiger partial charge in [-0.3, -0.25) is 4.79 Å². The number of nitrogens with zero attached hydrogens (tertiary/aromatic N) is 1. The van der Waals surface area contributed by atoms with E-state index in [4.69, 9.17) is 9.47 Å². The van der Waals surface area contributed by atoms with Crippen LogP contribution in [-0.2, 0) is 11.2 Å². The van der Waals surface area contributed by atoms with Gasteiger partial charge in [-0.15, -0.1) is 0 Å². The molecule has 7 nitrogen and oxygen atoms in total. The van der Waals surface area contributed by atoms with Gasteiger partial charge in [-0.05, 0) is 36.2 Å². The molecule has 2 rings (SSSR count). The number of nitrogens with one attached hydrogen (secondary N) is 1. The van der Waals surface area contributed by atoms with Crippen molar-refractivity contribution in [2.45, 2.75) is 13.3 Å². The summed E-state index contributed by atoms with van der Waals surface area (Å²) in [5.41, 5.74) is 3.95. The number of amides is 1. The van der Waals surface area contributed by atoms with Gasteiger partial charge in [0, 0.05) is 5.56 Å². The van der Waals surface area contributed by atoms with E-state index in [1.54, 1.807) is 12.1 Å². The Hall–Kier alpha value is -3.22. The van der Waals surface area contributed by atoms with Crippen LogP contribution in [0.25, 0.3) is 0 Å². The van der Waals surface area contributed by atoms with Gasteiger partial charge in [0.2, 0.25) is 5.75 Å². The number of aryl methyl sites for hydroxylation is 1. The molecular weight excluding hydrogens is 324 g/mol. The zero-order valence-electron chi connectivity index (χ0n) is 14.0. The predicted octanol–water partition coefficient (Wildman–Crippen LogP) is 2.20. The zero-order chi connectivity index (χ0) is 18.2. The summed E-state index contributed by atoms with van der Waals surface area (Å²) in [5.74, 6) is -0.417. The van der Waals surface area contributed by atoms with Crippen molar-refractivity contribution in [3.63, 3.8) is 0 Å². The van der Waals surface area contributed by atoms with E-state index in [0.717, 1.165) is 6.42 Å². The van der Waals surface area contributed by atoms with Crippen LogP contribution < -0.4 is 14.9 Å². The lowest BCUT2D eigenvalue weighted by Crippen LogP contribution is -2.24. The SMILES string of the molecule is CCc1ccc(OCC(=O)N/N=C/c2cc(O)c(O)c(OC)c2)cc1. The topological polar surface area (TPSA) is 100 Å². The maximum atomic E-state index is 11.7. The normalized spacial score (nSPS) is 10.6. The fourth-order valence-corrected chi connectivity index (χ4v) is 2.03. The summed E-state index contributed by atoms with van der Waals surface area (Å²) >= 11 is 0. The summed E-state index contributed by atoms with van der Waals surface area (Å²) in [7, 11) is 1.36. The first-order chi connectivity index (χ1) is 12.0. The average Bonchev–Trinajstić information content (AvgIpc) is 2.63. The first-order valence-corrected chi connectivity index (χ1v) is 7.67. The van der Waals surface area contributed by atoms with Gasteiger partial charge in [-0.1, -0.05) is 19.1 Å². The molecule has 0 aliphatic heterocycles. The molecule has 1 amide bonds. The average molecular weight is 344 g/mol. The summed E-state index contributed by atoms with van der Waals surface area (Å²) in [6.45, 7) is 1.89. The number of rotatable bonds is 7. The standard InChI is InChI=1S/C18H20N2O5/c1-3-12-4-6-14(7-5-12)25-11-17(22)20-19-10-13-8-15(21)18(23)16(9-13)24-2/h4-10,21,23H,3,11H2,1-2H3,(H,20,22)/b19-10+. The van der Waals surface area contributed by atoms with E-state index >= 15 is 0 Å². The second-order valence-corrected chi connectivity index (χ2v) is 5.17. The molecule has 0 spiro atoms. The molecule has 0 heterocycles. The van der Waals surface area contributed by atoms with Crippen molar-refractivity contribution in [2.75, 3.05) is 13.7 Å². The lowest BCUT2D eigenvalue weighted by molar-refractivity contribution is -0.123. The highest BCUT2D eigenvalue weighted by Gasteiger charge is 2.08. The van der Waals surface area contributed by atoms with Crippen LogP contribution >= 0.6 is 0 Å². The Morgan fingerprint density at radius 3 is 2.60 bits per heavy atom. The summed E-state index contributed by atoms with van der Waals surface area (Å²) in [4.78, 5) is 11.7. The van der Waals surface area contributed by atoms with Crippen molar-refractivity contribution in [1.29, 1.82) is 0 Å². The van der Waals surface area contributed by atoms with Crippen LogP contribution in [0.5, 0.6) is 23.0 Å². The van der Waals surface area contributed by atoms with Crippen LogP contribution in [0.15, 0.2) is 41.5 Å². The molecule has 2 aromatic rings. The van der Waals surface area contributed by atoms with E-state index in [1.807, 2.05) is 12.1 Å². The van der Waals surface area contributed by atoms with Crippen molar-refractivity contribution >= 4 is 12.1 Å². The molecule has 132 valence electrons. The highest BCUT2D eigenvalue weighted by atomic mass is 16.5. The summed E-state index contributed by atoms with van der Waals surface area (Å²) in [6.07, 6.45) is 2.25. The van der Waals surface area contributed by atoms with Crippen molar-refractivity contribution in [3.05, 3.63) is 47.5 Å².